The first kappa shape index (κ1) is 18.6. The molecular weight excluding hydrogens is 363 g/mol. The molecule has 1 aliphatic rings. The molecule has 140 valence electrons. The predicted molar refractivity (Wildman–Crippen MR) is 91.1 cm³/mol. The first-order valence-electron chi connectivity index (χ1n) is 8.07. The summed E-state index contributed by atoms with van der Waals surface area (Å²) in [4.78, 5) is 22.2. The number of ether oxygens (including phenoxy) is 1. The van der Waals surface area contributed by atoms with Gasteiger partial charge in [0.15, 0.2) is 0 Å². The smallest absolute Gasteiger partial charge is 0.429 e. The fraction of sp³-hybridized carbons (Fsp3) is 0.211. The topological polar surface area (TPSA) is 69.4 Å². The highest BCUT2D eigenvalue weighted by atomic mass is 19.4. The van der Waals surface area contributed by atoms with Crippen molar-refractivity contribution in [3.63, 3.8) is 0 Å². The van der Waals surface area contributed by atoms with Crippen LogP contribution < -0.4 is 0 Å². The van der Waals surface area contributed by atoms with E-state index in [0.29, 0.717) is 6.42 Å². The lowest BCUT2D eigenvalue weighted by molar-refractivity contribution is -0.384. The van der Waals surface area contributed by atoms with Gasteiger partial charge in [0.1, 0.15) is 0 Å². The van der Waals surface area contributed by atoms with Gasteiger partial charge in [0.2, 0.25) is 6.10 Å². The molecule has 0 bridgehead atoms. The molecule has 8 heteroatoms. The van der Waals surface area contributed by atoms with Gasteiger partial charge in [0, 0.05) is 17.7 Å². The second-order valence-electron chi connectivity index (χ2n) is 6.03. The van der Waals surface area contributed by atoms with Crippen LogP contribution >= 0.6 is 0 Å². The molecule has 0 aliphatic heterocycles. The summed E-state index contributed by atoms with van der Waals surface area (Å²) in [6.45, 7) is 0. The lowest BCUT2D eigenvalue weighted by Crippen LogP contribution is -2.26. The number of nitro groups is 1. The number of alkyl halides is 3. The predicted octanol–water partition coefficient (Wildman–Crippen LogP) is 5.01. The Kier molecular flexibility index (Phi) is 4.98. The monoisotopic (exact) mass is 377 g/mol. The number of fused-ring (bicyclic) bond motifs is 1. The Labute approximate surface area is 152 Å². The molecule has 0 radical (unpaired) electrons. The third-order valence-electron chi connectivity index (χ3n) is 4.19. The fourth-order valence-electron chi connectivity index (χ4n) is 2.83. The van der Waals surface area contributed by atoms with Crippen LogP contribution in [0.1, 0.15) is 39.6 Å². The first-order chi connectivity index (χ1) is 12.8. The van der Waals surface area contributed by atoms with E-state index >= 15 is 0 Å². The molecule has 27 heavy (non-hydrogen) atoms. The number of halogens is 3. The summed E-state index contributed by atoms with van der Waals surface area (Å²) in [5.41, 5.74) is 1.07. The molecule has 0 N–H and O–H groups in total. The molecule has 0 amide bonds. The standard InChI is InChI=1S/C19H14F3NO4/c20-19(21,22)17(13-7-9-16(10-8-13)23(25)26)27-18(24)15-6-5-12-3-1-2-4-14(12)11-15/h1,3,5-11,17H,2,4H2. The highest BCUT2D eigenvalue weighted by Gasteiger charge is 2.44. The van der Waals surface area contributed by atoms with Crippen LogP contribution in [-0.4, -0.2) is 17.1 Å². The van der Waals surface area contributed by atoms with Gasteiger partial charge < -0.3 is 4.74 Å². The molecule has 0 saturated heterocycles. The number of benzene rings is 2. The Morgan fingerprint density at radius 2 is 1.85 bits per heavy atom. The summed E-state index contributed by atoms with van der Waals surface area (Å²) in [7, 11) is 0. The van der Waals surface area contributed by atoms with Crippen molar-refractivity contribution in [1.82, 2.24) is 0 Å². The van der Waals surface area contributed by atoms with E-state index in [9.17, 15) is 28.1 Å². The van der Waals surface area contributed by atoms with Crippen molar-refractivity contribution in [2.75, 3.05) is 0 Å². The molecule has 0 spiro atoms. The molecule has 0 fully saturated rings. The highest BCUT2D eigenvalue weighted by molar-refractivity contribution is 5.90. The number of carbonyl (C=O) groups is 1. The van der Waals surface area contributed by atoms with Crippen LogP contribution in [-0.2, 0) is 11.2 Å². The zero-order chi connectivity index (χ0) is 19.6. The summed E-state index contributed by atoms with van der Waals surface area (Å²) in [6, 6.07) is 8.35. The molecule has 2 aromatic rings. The van der Waals surface area contributed by atoms with Crippen molar-refractivity contribution in [2.24, 2.45) is 0 Å². The molecule has 1 aliphatic carbocycles. The Bertz CT molecular complexity index is 904. The van der Waals surface area contributed by atoms with Crippen molar-refractivity contribution in [3.8, 4) is 0 Å². The van der Waals surface area contributed by atoms with Crippen molar-refractivity contribution in [2.45, 2.75) is 25.1 Å². The number of nitro benzene ring substituents is 1. The number of esters is 1. The van der Waals surface area contributed by atoms with Gasteiger partial charge in [-0.15, -0.1) is 0 Å². The van der Waals surface area contributed by atoms with Crippen LogP contribution in [0.5, 0.6) is 0 Å². The number of hydrogen-bond acceptors (Lipinski definition) is 4. The molecule has 0 heterocycles. The number of carbonyl (C=O) groups excluding carboxylic acids is 1. The lowest BCUT2D eigenvalue weighted by atomic mass is 9.95. The molecular formula is C19H14F3NO4. The van der Waals surface area contributed by atoms with E-state index in [4.69, 9.17) is 4.74 Å². The van der Waals surface area contributed by atoms with Gasteiger partial charge in [0.05, 0.1) is 10.5 Å². The maximum absolute atomic E-state index is 13.4. The normalized spacial score (nSPS) is 14.3. The van der Waals surface area contributed by atoms with E-state index in [1.807, 2.05) is 12.2 Å². The minimum absolute atomic E-state index is 0.0280. The Morgan fingerprint density at radius 3 is 2.48 bits per heavy atom. The van der Waals surface area contributed by atoms with Crippen molar-refractivity contribution in [1.29, 1.82) is 0 Å². The molecule has 1 unspecified atom stereocenters. The van der Waals surface area contributed by atoms with E-state index in [1.54, 1.807) is 6.07 Å². The molecule has 5 nitrogen and oxygen atoms in total. The SMILES string of the molecule is O=C(OC(c1ccc([N+](=O)[O-])cc1)C(F)(F)F)c1ccc2c(c1)CCC=C2. The summed E-state index contributed by atoms with van der Waals surface area (Å²) >= 11 is 0. The van der Waals surface area contributed by atoms with Gasteiger partial charge in [-0.05, 0) is 48.2 Å². The van der Waals surface area contributed by atoms with E-state index in [0.717, 1.165) is 41.8 Å². The van der Waals surface area contributed by atoms with Crippen LogP contribution in [0.25, 0.3) is 6.08 Å². The fourth-order valence-corrected chi connectivity index (χ4v) is 2.83. The van der Waals surface area contributed by atoms with E-state index in [1.165, 1.54) is 12.1 Å². The van der Waals surface area contributed by atoms with Gasteiger partial charge in [-0.1, -0.05) is 18.2 Å². The first-order valence-corrected chi connectivity index (χ1v) is 8.07. The maximum atomic E-state index is 13.4. The van der Waals surface area contributed by atoms with Gasteiger partial charge in [0.25, 0.3) is 5.69 Å². The zero-order valence-corrected chi connectivity index (χ0v) is 13.9. The average molecular weight is 377 g/mol. The molecule has 3 rings (SSSR count). The van der Waals surface area contributed by atoms with Crippen LogP contribution in [0, 0.1) is 10.1 Å². The number of rotatable bonds is 4. The molecule has 2 aromatic carbocycles. The number of aryl methyl sites for hydroxylation is 1. The Morgan fingerprint density at radius 1 is 1.15 bits per heavy atom. The van der Waals surface area contributed by atoms with E-state index in [2.05, 4.69) is 0 Å². The largest absolute Gasteiger partial charge is 0.444 e. The number of hydrogen-bond donors (Lipinski definition) is 0. The summed E-state index contributed by atoms with van der Waals surface area (Å²) in [5, 5.41) is 10.7. The minimum Gasteiger partial charge on any atom is -0.444 e. The summed E-state index contributed by atoms with van der Waals surface area (Å²) in [6.07, 6.45) is -2.01. The second-order valence-corrected chi connectivity index (χ2v) is 6.03. The van der Waals surface area contributed by atoms with Crippen LogP contribution in [0.4, 0.5) is 18.9 Å². The second kappa shape index (κ2) is 7.22. The van der Waals surface area contributed by atoms with E-state index in [-0.39, 0.29) is 16.8 Å². The summed E-state index contributed by atoms with van der Waals surface area (Å²) < 4.78 is 44.9. The highest BCUT2D eigenvalue weighted by Crippen LogP contribution is 2.37. The zero-order valence-electron chi connectivity index (χ0n) is 13.9. The third-order valence-corrected chi connectivity index (χ3v) is 4.19. The number of non-ortho nitro benzene ring substituents is 1. The third kappa shape index (κ3) is 4.16. The molecule has 1 atom stereocenters. The van der Waals surface area contributed by atoms with Gasteiger partial charge in [-0.25, -0.2) is 4.79 Å². The van der Waals surface area contributed by atoms with Gasteiger partial charge in [-0.3, -0.25) is 10.1 Å². The van der Waals surface area contributed by atoms with Crippen molar-refractivity contribution >= 4 is 17.7 Å². The maximum Gasteiger partial charge on any atom is 0.429 e. The number of allylic oxidation sites excluding steroid dienone is 1. The van der Waals surface area contributed by atoms with Crippen molar-refractivity contribution in [3.05, 3.63) is 80.9 Å². The average Bonchev–Trinajstić information content (AvgIpc) is 2.64. The number of nitrogens with zero attached hydrogens (tertiary/aromatic N) is 1. The van der Waals surface area contributed by atoms with Crippen LogP contribution in [0.2, 0.25) is 0 Å². The lowest BCUT2D eigenvalue weighted by Gasteiger charge is -2.21. The summed E-state index contributed by atoms with van der Waals surface area (Å²) in [5.74, 6) is -1.10. The quantitative estimate of drug-likeness (QED) is 0.426. The van der Waals surface area contributed by atoms with Gasteiger partial charge in [-0.2, -0.15) is 13.2 Å². The Balaban J connectivity index is 1.85. The Hall–Kier alpha value is -3.16. The van der Waals surface area contributed by atoms with Crippen molar-refractivity contribution < 1.29 is 27.6 Å². The van der Waals surface area contributed by atoms with E-state index < -0.39 is 23.2 Å². The van der Waals surface area contributed by atoms with Gasteiger partial charge >= 0.3 is 12.1 Å². The van der Waals surface area contributed by atoms with Crippen LogP contribution in [0.3, 0.4) is 0 Å². The van der Waals surface area contributed by atoms with Crippen LogP contribution in [0.15, 0.2) is 48.5 Å². The minimum atomic E-state index is -4.86. The molecule has 0 aromatic heterocycles. The molecule has 0 saturated carbocycles.